The van der Waals surface area contributed by atoms with Crippen LogP contribution in [0.15, 0.2) is 72.8 Å². The number of nitrogens with zero attached hydrogens (tertiary/aromatic N) is 2. The highest BCUT2D eigenvalue weighted by Crippen LogP contribution is 2.23. The van der Waals surface area contributed by atoms with Gasteiger partial charge in [0.05, 0.1) is 11.0 Å². The second kappa shape index (κ2) is 6.94. The van der Waals surface area contributed by atoms with Gasteiger partial charge in [0.15, 0.2) is 0 Å². The Hall–Kier alpha value is -3.24. The molecule has 128 valence electrons. The SMILES string of the molecule is Cc1cccc(Nc2nc3ccccc3nc2[NH2+]c2cccc(C)c2)c1. The van der Waals surface area contributed by atoms with Crippen molar-refractivity contribution in [2.24, 2.45) is 0 Å². The van der Waals surface area contributed by atoms with Gasteiger partial charge in [0.1, 0.15) is 5.69 Å². The molecule has 3 aromatic carbocycles. The molecule has 0 spiro atoms. The van der Waals surface area contributed by atoms with Gasteiger partial charge in [-0.25, -0.2) is 4.98 Å². The fourth-order valence-corrected chi connectivity index (χ4v) is 2.98. The molecular weight excluding hydrogens is 320 g/mol. The van der Waals surface area contributed by atoms with Crippen LogP contribution in [0.25, 0.3) is 11.0 Å². The summed E-state index contributed by atoms with van der Waals surface area (Å²) < 4.78 is 0. The van der Waals surface area contributed by atoms with Crippen LogP contribution in [0, 0.1) is 13.8 Å². The number of benzene rings is 3. The smallest absolute Gasteiger partial charge is 0.273 e. The zero-order valence-corrected chi connectivity index (χ0v) is 14.9. The number of nitrogens with one attached hydrogen (secondary N) is 1. The van der Waals surface area contributed by atoms with Gasteiger partial charge in [-0.2, -0.15) is 4.98 Å². The van der Waals surface area contributed by atoms with E-state index in [1.54, 1.807) is 0 Å². The number of nitrogens with two attached hydrogens (primary N) is 1. The van der Waals surface area contributed by atoms with Gasteiger partial charge in [0.2, 0.25) is 5.82 Å². The maximum absolute atomic E-state index is 4.84. The van der Waals surface area contributed by atoms with E-state index in [0.29, 0.717) is 0 Å². The lowest BCUT2D eigenvalue weighted by Gasteiger charge is -2.10. The van der Waals surface area contributed by atoms with Crippen molar-refractivity contribution in [2.75, 3.05) is 5.32 Å². The van der Waals surface area contributed by atoms with Crippen molar-refractivity contribution in [2.45, 2.75) is 13.8 Å². The summed E-state index contributed by atoms with van der Waals surface area (Å²) in [4.78, 5) is 9.65. The first kappa shape index (κ1) is 16.2. The molecular formula is C22H21N4+. The first-order chi connectivity index (χ1) is 12.7. The monoisotopic (exact) mass is 341 g/mol. The normalized spacial score (nSPS) is 10.8. The number of aromatic nitrogens is 2. The average Bonchev–Trinajstić information content (AvgIpc) is 2.62. The third-order valence-electron chi connectivity index (χ3n) is 4.22. The number of aryl methyl sites for hydroxylation is 2. The first-order valence-corrected chi connectivity index (χ1v) is 8.69. The average molecular weight is 341 g/mol. The molecule has 0 saturated heterocycles. The van der Waals surface area contributed by atoms with E-state index in [1.165, 1.54) is 11.1 Å². The lowest BCUT2D eigenvalue weighted by atomic mass is 10.2. The topological polar surface area (TPSA) is 54.4 Å². The quantitative estimate of drug-likeness (QED) is 0.537. The van der Waals surface area contributed by atoms with E-state index in [-0.39, 0.29) is 0 Å². The molecule has 0 bridgehead atoms. The second-order valence-electron chi connectivity index (χ2n) is 6.50. The Morgan fingerprint density at radius 1 is 0.731 bits per heavy atom. The van der Waals surface area contributed by atoms with Crippen LogP contribution < -0.4 is 10.6 Å². The number of quaternary nitrogens is 1. The van der Waals surface area contributed by atoms with Crippen LogP contribution in [0.5, 0.6) is 0 Å². The Balaban J connectivity index is 1.78. The molecule has 0 saturated carbocycles. The van der Waals surface area contributed by atoms with Crippen molar-refractivity contribution >= 4 is 34.0 Å². The number of hydrogen-bond acceptors (Lipinski definition) is 3. The van der Waals surface area contributed by atoms with Gasteiger partial charge in [-0.3, -0.25) is 5.32 Å². The van der Waals surface area contributed by atoms with Gasteiger partial charge in [-0.1, -0.05) is 36.4 Å². The van der Waals surface area contributed by atoms with Crippen molar-refractivity contribution in [1.29, 1.82) is 0 Å². The highest BCUT2D eigenvalue weighted by molar-refractivity contribution is 5.79. The van der Waals surface area contributed by atoms with Crippen molar-refractivity contribution in [3.05, 3.63) is 83.9 Å². The van der Waals surface area contributed by atoms with Crippen LogP contribution in [0.1, 0.15) is 11.1 Å². The summed E-state index contributed by atoms with van der Waals surface area (Å²) in [5.41, 5.74) is 6.31. The van der Waals surface area contributed by atoms with E-state index in [9.17, 15) is 0 Å². The van der Waals surface area contributed by atoms with E-state index >= 15 is 0 Å². The van der Waals surface area contributed by atoms with Crippen LogP contribution in [-0.4, -0.2) is 9.97 Å². The molecule has 0 radical (unpaired) electrons. The maximum Gasteiger partial charge on any atom is 0.273 e. The Kier molecular flexibility index (Phi) is 4.33. The number of anilines is 2. The van der Waals surface area contributed by atoms with Crippen LogP contribution in [0.4, 0.5) is 23.0 Å². The lowest BCUT2D eigenvalue weighted by Crippen LogP contribution is -2.71. The van der Waals surface area contributed by atoms with Gasteiger partial charge in [0, 0.05) is 11.8 Å². The molecule has 0 amide bonds. The van der Waals surface area contributed by atoms with Gasteiger partial charge in [0.25, 0.3) is 5.82 Å². The van der Waals surface area contributed by atoms with Crippen LogP contribution in [-0.2, 0) is 0 Å². The predicted molar refractivity (Wildman–Crippen MR) is 106 cm³/mol. The van der Waals surface area contributed by atoms with E-state index in [4.69, 9.17) is 9.97 Å². The van der Waals surface area contributed by atoms with Crippen LogP contribution in [0.3, 0.4) is 0 Å². The largest absolute Gasteiger partial charge is 0.334 e. The summed E-state index contributed by atoms with van der Waals surface area (Å²) in [5, 5.41) is 5.51. The van der Waals surface area contributed by atoms with Crippen molar-refractivity contribution in [1.82, 2.24) is 9.97 Å². The molecule has 0 atom stereocenters. The third-order valence-corrected chi connectivity index (χ3v) is 4.22. The van der Waals surface area contributed by atoms with Gasteiger partial charge in [-0.05, 0) is 55.3 Å². The number of para-hydroxylation sites is 2. The fourth-order valence-electron chi connectivity index (χ4n) is 2.98. The molecule has 0 aliphatic carbocycles. The first-order valence-electron chi connectivity index (χ1n) is 8.69. The number of hydrogen-bond donors (Lipinski definition) is 2. The molecule has 0 aliphatic heterocycles. The van der Waals surface area contributed by atoms with Crippen LogP contribution in [0.2, 0.25) is 0 Å². The standard InChI is InChI=1S/C22H20N4/c1-15-7-5-9-17(13-15)23-21-22(24-18-10-6-8-16(2)14-18)26-20-12-4-3-11-19(20)25-21/h3-14H,1-2H3,(H,23,25)(H,24,26)/p+1. The molecule has 4 rings (SSSR count). The highest BCUT2D eigenvalue weighted by atomic mass is 15.1. The number of rotatable bonds is 4. The summed E-state index contributed by atoms with van der Waals surface area (Å²) in [6, 6.07) is 24.6. The molecule has 0 unspecified atom stereocenters. The predicted octanol–water partition coefficient (Wildman–Crippen LogP) is 4.52. The van der Waals surface area contributed by atoms with Gasteiger partial charge < -0.3 is 5.32 Å². The summed E-state index contributed by atoms with van der Waals surface area (Å²) >= 11 is 0. The Morgan fingerprint density at radius 2 is 1.42 bits per heavy atom. The zero-order valence-electron chi connectivity index (χ0n) is 14.9. The van der Waals surface area contributed by atoms with Crippen LogP contribution >= 0.6 is 0 Å². The van der Waals surface area contributed by atoms with E-state index in [0.717, 1.165) is 34.0 Å². The van der Waals surface area contributed by atoms with Gasteiger partial charge in [-0.15, -0.1) is 0 Å². The van der Waals surface area contributed by atoms with Gasteiger partial charge >= 0.3 is 0 Å². The Bertz CT molecular complexity index is 986. The molecule has 0 fully saturated rings. The third kappa shape index (κ3) is 3.55. The second-order valence-corrected chi connectivity index (χ2v) is 6.50. The molecule has 4 aromatic rings. The molecule has 3 N–H and O–H groups in total. The summed E-state index contributed by atoms with van der Waals surface area (Å²) in [5.74, 6) is 1.59. The molecule has 1 heterocycles. The van der Waals surface area contributed by atoms with Crippen molar-refractivity contribution < 1.29 is 5.32 Å². The molecule has 4 heteroatoms. The fraction of sp³-hybridized carbons (Fsp3) is 0.0909. The molecule has 26 heavy (non-hydrogen) atoms. The minimum absolute atomic E-state index is 0.760. The molecule has 4 nitrogen and oxygen atoms in total. The Morgan fingerprint density at radius 3 is 2.15 bits per heavy atom. The van der Waals surface area contributed by atoms with E-state index < -0.39 is 0 Å². The highest BCUT2D eigenvalue weighted by Gasteiger charge is 2.14. The van der Waals surface area contributed by atoms with E-state index in [2.05, 4.69) is 60.9 Å². The van der Waals surface area contributed by atoms with Crippen molar-refractivity contribution in [3.8, 4) is 0 Å². The molecule has 1 aromatic heterocycles. The number of fused-ring (bicyclic) bond motifs is 1. The maximum atomic E-state index is 4.84. The minimum atomic E-state index is 0.760. The molecule has 0 aliphatic rings. The zero-order chi connectivity index (χ0) is 17.9. The van der Waals surface area contributed by atoms with E-state index in [1.807, 2.05) is 36.4 Å². The summed E-state index contributed by atoms with van der Waals surface area (Å²) in [7, 11) is 0. The summed E-state index contributed by atoms with van der Waals surface area (Å²) in [6.45, 7) is 4.17. The summed E-state index contributed by atoms with van der Waals surface area (Å²) in [6.07, 6.45) is 0. The Labute approximate surface area is 152 Å². The minimum Gasteiger partial charge on any atom is -0.334 e. The lowest BCUT2D eigenvalue weighted by molar-refractivity contribution is -0.482. The van der Waals surface area contributed by atoms with Crippen molar-refractivity contribution in [3.63, 3.8) is 0 Å².